The van der Waals surface area contributed by atoms with E-state index in [1.165, 1.54) is 0 Å². The molecule has 0 aliphatic carbocycles. The highest BCUT2D eigenvalue weighted by Gasteiger charge is 2.42. The van der Waals surface area contributed by atoms with Crippen molar-refractivity contribution < 1.29 is 9.84 Å². The first kappa shape index (κ1) is 8.59. The summed E-state index contributed by atoms with van der Waals surface area (Å²) in [5.74, 6) is 0.0733. The normalized spacial score (nSPS) is 33.5. The minimum atomic E-state index is -0.950. The predicted octanol–water partition coefficient (Wildman–Crippen LogP) is 0.331. The monoisotopic (exact) mass is 180 g/mol. The molecular formula is C9H12N2O2. The van der Waals surface area contributed by atoms with Gasteiger partial charge in [-0.2, -0.15) is 0 Å². The quantitative estimate of drug-likeness (QED) is 0.676. The Labute approximate surface area is 76.6 Å². The molecule has 1 aliphatic rings. The van der Waals surface area contributed by atoms with E-state index in [2.05, 4.69) is 9.97 Å². The molecule has 0 saturated carbocycles. The van der Waals surface area contributed by atoms with Crippen LogP contribution < -0.4 is 0 Å². The molecule has 1 aromatic heterocycles. The van der Waals surface area contributed by atoms with E-state index in [9.17, 15) is 5.11 Å². The first-order valence-corrected chi connectivity index (χ1v) is 4.30. The molecule has 1 aliphatic heterocycles. The van der Waals surface area contributed by atoms with Crippen LogP contribution in [0.1, 0.15) is 12.6 Å². The predicted molar refractivity (Wildman–Crippen MR) is 45.9 cm³/mol. The van der Waals surface area contributed by atoms with Crippen molar-refractivity contribution in [1.82, 2.24) is 9.97 Å². The van der Waals surface area contributed by atoms with Crippen LogP contribution in [0.15, 0.2) is 18.6 Å². The van der Waals surface area contributed by atoms with Crippen LogP contribution in [0.2, 0.25) is 0 Å². The second kappa shape index (κ2) is 3.05. The van der Waals surface area contributed by atoms with E-state index in [-0.39, 0.29) is 5.92 Å². The van der Waals surface area contributed by atoms with Gasteiger partial charge in [0.1, 0.15) is 5.60 Å². The number of hydrogen-bond donors (Lipinski definition) is 1. The van der Waals surface area contributed by atoms with Crippen molar-refractivity contribution >= 4 is 0 Å². The van der Waals surface area contributed by atoms with E-state index >= 15 is 0 Å². The van der Waals surface area contributed by atoms with Crippen LogP contribution in [0.3, 0.4) is 0 Å². The van der Waals surface area contributed by atoms with Crippen LogP contribution in [0.5, 0.6) is 0 Å². The summed E-state index contributed by atoms with van der Waals surface area (Å²) < 4.78 is 5.21. The van der Waals surface area contributed by atoms with Gasteiger partial charge in [0.15, 0.2) is 0 Å². The molecule has 1 aromatic rings. The number of aliphatic hydroxyl groups is 1. The van der Waals surface area contributed by atoms with Gasteiger partial charge in [0, 0.05) is 18.3 Å². The average Bonchev–Trinajstić information content (AvgIpc) is 2.50. The van der Waals surface area contributed by atoms with E-state index in [0.717, 1.165) is 0 Å². The minimum Gasteiger partial charge on any atom is -0.381 e. The van der Waals surface area contributed by atoms with Gasteiger partial charge in [-0.05, 0) is 0 Å². The highest BCUT2D eigenvalue weighted by atomic mass is 16.5. The molecule has 2 unspecified atom stereocenters. The molecule has 2 heterocycles. The van der Waals surface area contributed by atoms with Crippen LogP contribution in [-0.4, -0.2) is 28.3 Å². The zero-order valence-electron chi connectivity index (χ0n) is 7.47. The molecule has 4 heteroatoms. The number of nitrogens with zero attached hydrogens (tertiary/aromatic N) is 2. The number of aromatic nitrogens is 2. The van der Waals surface area contributed by atoms with Gasteiger partial charge in [0.2, 0.25) is 0 Å². The fourth-order valence-electron chi connectivity index (χ4n) is 1.52. The van der Waals surface area contributed by atoms with Crippen LogP contribution >= 0.6 is 0 Å². The fraction of sp³-hybridized carbons (Fsp3) is 0.556. The summed E-state index contributed by atoms with van der Waals surface area (Å²) in [7, 11) is 0. The van der Waals surface area contributed by atoms with Crippen molar-refractivity contribution in [2.24, 2.45) is 5.92 Å². The Hall–Kier alpha value is -1.00. The summed E-state index contributed by atoms with van der Waals surface area (Å²) in [6, 6.07) is 0. The molecule has 0 radical (unpaired) electrons. The molecule has 13 heavy (non-hydrogen) atoms. The van der Waals surface area contributed by atoms with Gasteiger partial charge in [-0.3, -0.25) is 9.97 Å². The van der Waals surface area contributed by atoms with Crippen LogP contribution in [0.4, 0.5) is 0 Å². The van der Waals surface area contributed by atoms with Crippen LogP contribution in [0, 0.1) is 5.92 Å². The second-order valence-corrected chi connectivity index (χ2v) is 3.43. The zero-order chi connectivity index (χ0) is 9.31. The third-order valence-electron chi connectivity index (χ3n) is 2.51. The van der Waals surface area contributed by atoms with Crippen LogP contribution in [0.25, 0.3) is 0 Å². The highest BCUT2D eigenvalue weighted by molar-refractivity contribution is 5.11. The molecule has 70 valence electrons. The molecule has 2 rings (SSSR count). The van der Waals surface area contributed by atoms with Crippen molar-refractivity contribution in [1.29, 1.82) is 0 Å². The van der Waals surface area contributed by atoms with Crippen molar-refractivity contribution in [2.75, 3.05) is 13.2 Å². The van der Waals surface area contributed by atoms with E-state index in [1.54, 1.807) is 18.6 Å². The first-order valence-electron chi connectivity index (χ1n) is 4.30. The van der Waals surface area contributed by atoms with Gasteiger partial charge >= 0.3 is 0 Å². The van der Waals surface area contributed by atoms with Crippen LogP contribution in [-0.2, 0) is 10.3 Å². The second-order valence-electron chi connectivity index (χ2n) is 3.43. The van der Waals surface area contributed by atoms with E-state index in [0.29, 0.717) is 18.9 Å². The van der Waals surface area contributed by atoms with Gasteiger partial charge < -0.3 is 9.84 Å². The molecular weight excluding hydrogens is 168 g/mol. The van der Waals surface area contributed by atoms with Crippen molar-refractivity contribution in [3.63, 3.8) is 0 Å². The standard InChI is InChI=1S/C9H12N2O2/c1-7-5-13-6-9(7,12)8-4-10-2-3-11-8/h2-4,7,12H,5-6H2,1H3. The Kier molecular flexibility index (Phi) is 2.01. The molecule has 4 nitrogen and oxygen atoms in total. The van der Waals surface area contributed by atoms with Crippen molar-refractivity contribution in [2.45, 2.75) is 12.5 Å². The number of rotatable bonds is 1. The third-order valence-corrected chi connectivity index (χ3v) is 2.51. The lowest BCUT2D eigenvalue weighted by atomic mass is 9.89. The maximum Gasteiger partial charge on any atom is 0.136 e. The molecule has 1 saturated heterocycles. The SMILES string of the molecule is CC1COCC1(O)c1cnccn1. The van der Waals surface area contributed by atoms with Gasteiger partial charge in [-0.1, -0.05) is 6.92 Å². The molecule has 2 atom stereocenters. The Bertz CT molecular complexity index is 291. The Morgan fingerprint density at radius 3 is 3.00 bits per heavy atom. The Morgan fingerprint density at radius 2 is 2.46 bits per heavy atom. The van der Waals surface area contributed by atoms with Gasteiger partial charge in [0.05, 0.1) is 25.1 Å². The van der Waals surface area contributed by atoms with Crippen molar-refractivity contribution in [3.8, 4) is 0 Å². The minimum absolute atomic E-state index is 0.0733. The summed E-state index contributed by atoms with van der Waals surface area (Å²) in [6.07, 6.45) is 4.76. The largest absolute Gasteiger partial charge is 0.381 e. The first-order chi connectivity index (χ1) is 6.23. The summed E-state index contributed by atoms with van der Waals surface area (Å²) in [5.41, 5.74) is -0.353. The maximum atomic E-state index is 10.2. The Morgan fingerprint density at radius 1 is 1.62 bits per heavy atom. The van der Waals surface area contributed by atoms with Gasteiger partial charge in [-0.25, -0.2) is 0 Å². The summed E-state index contributed by atoms with van der Waals surface area (Å²) in [6.45, 7) is 2.83. The maximum absolute atomic E-state index is 10.2. The lowest BCUT2D eigenvalue weighted by Crippen LogP contribution is -2.33. The molecule has 0 bridgehead atoms. The lowest BCUT2D eigenvalue weighted by Gasteiger charge is -2.23. The van der Waals surface area contributed by atoms with Gasteiger partial charge in [0.25, 0.3) is 0 Å². The number of ether oxygens (including phenoxy) is 1. The molecule has 0 spiro atoms. The molecule has 1 fully saturated rings. The highest BCUT2D eigenvalue weighted by Crippen LogP contribution is 2.33. The summed E-state index contributed by atoms with van der Waals surface area (Å²) in [4.78, 5) is 8.02. The van der Waals surface area contributed by atoms with Crippen molar-refractivity contribution in [3.05, 3.63) is 24.3 Å². The van der Waals surface area contributed by atoms with E-state index in [1.807, 2.05) is 6.92 Å². The Balaban J connectivity index is 2.34. The topological polar surface area (TPSA) is 55.2 Å². The fourth-order valence-corrected chi connectivity index (χ4v) is 1.52. The molecule has 1 N–H and O–H groups in total. The molecule has 0 aromatic carbocycles. The summed E-state index contributed by atoms with van der Waals surface area (Å²) >= 11 is 0. The lowest BCUT2D eigenvalue weighted by molar-refractivity contribution is -0.00344. The smallest absolute Gasteiger partial charge is 0.136 e. The summed E-state index contributed by atoms with van der Waals surface area (Å²) in [5, 5.41) is 10.2. The van der Waals surface area contributed by atoms with Gasteiger partial charge in [-0.15, -0.1) is 0 Å². The number of hydrogen-bond acceptors (Lipinski definition) is 4. The molecule has 0 amide bonds. The third kappa shape index (κ3) is 1.32. The van der Waals surface area contributed by atoms with E-state index < -0.39 is 5.60 Å². The average molecular weight is 180 g/mol. The zero-order valence-corrected chi connectivity index (χ0v) is 7.47. The van der Waals surface area contributed by atoms with E-state index in [4.69, 9.17) is 4.74 Å².